The molecule has 0 saturated carbocycles. The number of amides is 1. The van der Waals surface area contributed by atoms with Gasteiger partial charge < -0.3 is 15.5 Å². The van der Waals surface area contributed by atoms with Crippen molar-refractivity contribution < 1.29 is 24.6 Å². The lowest BCUT2D eigenvalue weighted by Gasteiger charge is -2.18. The van der Waals surface area contributed by atoms with Gasteiger partial charge in [0.1, 0.15) is 0 Å². The summed E-state index contributed by atoms with van der Waals surface area (Å²) >= 11 is 0. The Labute approximate surface area is 116 Å². The number of nitrogens with one attached hydrogen (secondary N) is 1. The molecule has 108 valence electrons. The van der Waals surface area contributed by atoms with E-state index in [2.05, 4.69) is 5.32 Å². The second-order valence-electron chi connectivity index (χ2n) is 5.25. The minimum atomic E-state index is -1.15. The van der Waals surface area contributed by atoms with Crippen molar-refractivity contribution in [1.29, 1.82) is 0 Å². The first kappa shape index (κ1) is 15.7. The number of aryl methyl sites for hydroxylation is 1. The highest BCUT2D eigenvalue weighted by Gasteiger charge is 2.30. The Bertz CT molecular complexity index is 563. The molecule has 0 atom stereocenters. The largest absolute Gasteiger partial charge is 0.481 e. The molecular weight excluding hydrogens is 262 g/mol. The molecule has 0 heterocycles. The number of carbonyl (C=O) groups excluding carboxylic acids is 1. The van der Waals surface area contributed by atoms with E-state index in [0.717, 1.165) is 0 Å². The van der Waals surface area contributed by atoms with Gasteiger partial charge >= 0.3 is 11.9 Å². The van der Waals surface area contributed by atoms with Gasteiger partial charge in [-0.3, -0.25) is 9.59 Å². The van der Waals surface area contributed by atoms with Crippen LogP contribution in [0.2, 0.25) is 0 Å². The number of carboxylic acid groups (broad SMARTS) is 2. The molecular formula is C14H17NO5. The van der Waals surface area contributed by atoms with Crippen LogP contribution < -0.4 is 5.32 Å². The number of carbonyl (C=O) groups is 3. The highest BCUT2D eigenvalue weighted by atomic mass is 16.4. The van der Waals surface area contributed by atoms with Crippen molar-refractivity contribution in [3.8, 4) is 0 Å². The van der Waals surface area contributed by atoms with E-state index >= 15 is 0 Å². The van der Waals surface area contributed by atoms with Crippen LogP contribution >= 0.6 is 0 Å². The first-order chi connectivity index (χ1) is 9.13. The fourth-order valence-electron chi connectivity index (χ4n) is 1.61. The minimum absolute atomic E-state index is 0.131. The summed E-state index contributed by atoms with van der Waals surface area (Å²) < 4.78 is 0. The zero-order chi connectivity index (χ0) is 15.5. The first-order valence-electron chi connectivity index (χ1n) is 6.00. The third kappa shape index (κ3) is 3.81. The van der Waals surface area contributed by atoms with Crippen LogP contribution in [0, 0.1) is 12.3 Å². The third-order valence-electron chi connectivity index (χ3n) is 2.93. The Balaban J connectivity index is 2.82. The molecule has 0 aliphatic rings. The van der Waals surface area contributed by atoms with Crippen LogP contribution in [-0.2, 0) is 9.59 Å². The van der Waals surface area contributed by atoms with Gasteiger partial charge in [0.2, 0.25) is 5.91 Å². The maximum absolute atomic E-state index is 11.8. The van der Waals surface area contributed by atoms with Crippen LogP contribution in [0.25, 0.3) is 0 Å². The topological polar surface area (TPSA) is 104 Å². The van der Waals surface area contributed by atoms with Gasteiger partial charge in [0.25, 0.3) is 0 Å². The van der Waals surface area contributed by atoms with Gasteiger partial charge in [-0.25, -0.2) is 4.79 Å². The Morgan fingerprint density at radius 1 is 1.20 bits per heavy atom. The summed E-state index contributed by atoms with van der Waals surface area (Å²) in [4.78, 5) is 33.6. The molecule has 0 fully saturated rings. The number of carboxylic acids is 2. The van der Waals surface area contributed by atoms with E-state index in [4.69, 9.17) is 10.2 Å². The van der Waals surface area contributed by atoms with Crippen LogP contribution in [0.15, 0.2) is 18.2 Å². The average Bonchev–Trinajstić information content (AvgIpc) is 2.30. The van der Waals surface area contributed by atoms with Gasteiger partial charge in [0.15, 0.2) is 0 Å². The molecule has 1 aromatic carbocycles. The molecule has 1 amide bonds. The molecule has 0 aromatic heterocycles. The molecule has 0 aliphatic carbocycles. The predicted octanol–water partition coefficient (Wildman–Crippen LogP) is 2.13. The van der Waals surface area contributed by atoms with Crippen LogP contribution in [0.5, 0.6) is 0 Å². The van der Waals surface area contributed by atoms with E-state index in [1.165, 1.54) is 32.0 Å². The van der Waals surface area contributed by atoms with Gasteiger partial charge in [-0.15, -0.1) is 0 Å². The number of aromatic carboxylic acids is 1. The molecule has 6 heteroatoms. The van der Waals surface area contributed by atoms with E-state index in [9.17, 15) is 14.4 Å². The maximum atomic E-state index is 11.8. The van der Waals surface area contributed by atoms with Gasteiger partial charge in [0.05, 0.1) is 11.0 Å². The van der Waals surface area contributed by atoms with Crippen LogP contribution in [-0.4, -0.2) is 28.1 Å². The van der Waals surface area contributed by atoms with Gasteiger partial charge in [-0.2, -0.15) is 0 Å². The maximum Gasteiger partial charge on any atom is 0.335 e. The first-order valence-corrected chi connectivity index (χ1v) is 6.00. The van der Waals surface area contributed by atoms with Gasteiger partial charge in [-0.05, 0) is 44.5 Å². The molecule has 6 nitrogen and oxygen atoms in total. The minimum Gasteiger partial charge on any atom is -0.481 e. The molecule has 1 rings (SSSR count). The van der Waals surface area contributed by atoms with E-state index in [1.807, 2.05) is 0 Å². The Morgan fingerprint density at radius 3 is 2.25 bits per heavy atom. The van der Waals surface area contributed by atoms with E-state index < -0.39 is 23.3 Å². The van der Waals surface area contributed by atoms with Crippen molar-refractivity contribution in [2.45, 2.75) is 27.2 Å². The standard InChI is InChI=1S/C14H17NO5/c1-8-6-9(12(17)18)4-5-10(8)15-11(16)7-14(2,3)13(19)20/h4-6H,7H2,1-3H3,(H,15,16)(H,17,18)(H,19,20). The van der Waals surface area contributed by atoms with Crippen molar-refractivity contribution in [3.63, 3.8) is 0 Å². The van der Waals surface area contributed by atoms with E-state index in [0.29, 0.717) is 11.3 Å². The molecule has 0 bridgehead atoms. The quantitative estimate of drug-likeness (QED) is 0.766. The van der Waals surface area contributed by atoms with E-state index in [-0.39, 0.29) is 12.0 Å². The number of hydrogen-bond acceptors (Lipinski definition) is 3. The highest BCUT2D eigenvalue weighted by molar-refractivity contribution is 5.95. The molecule has 0 unspecified atom stereocenters. The zero-order valence-electron chi connectivity index (χ0n) is 11.6. The summed E-state index contributed by atoms with van der Waals surface area (Å²) in [5.41, 5.74) is 0.0536. The fourth-order valence-corrected chi connectivity index (χ4v) is 1.61. The highest BCUT2D eigenvalue weighted by Crippen LogP contribution is 2.23. The summed E-state index contributed by atoms with van der Waals surface area (Å²) in [7, 11) is 0. The average molecular weight is 279 g/mol. The van der Waals surface area contributed by atoms with Crippen molar-refractivity contribution in [1.82, 2.24) is 0 Å². The van der Waals surface area contributed by atoms with Crippen molar-refractivity contribution >= 4 is 23.5 Å². The van der Waals surface area contributed by atoms with Gasteiger partial charge in [-0.1, -0.05) is 0 Å². The number of hydrogen-bond donors (Lipinski definition) is 3. The number of anilines is 1. The van der Waals surface area contributed by atoms with Crippen LogP contribution in [0.4, 0.5) is 5.69 Å². The Kier molecular flexibility index (Phi) is 4.49. The molecule has 0 aliphatic heterocycles. The molecule has 3 N–H and O–H groups in total. The lowest BCUT2D eigenvalue weighted by molar-refractivity contribution is -0.148. The Hall–Kier alpha value is -2.37. The van der Waals surface area contributed by atoms with Gasteiger partial charge in [0, 0.05) is 12.1 Å². The normalized spacial score (nSPS) is 10.9. The van der Waals surface area contributed by atoms with Crippen LogP contribution in [0.3, 0.4) is 0 Å². The lowest BCUT2D eigenvalue weighted by Crippen LogP contribution is -2.29. The molecule has 0 radical (unpaired) electrons. The SMILES string of the molecule is Cc1cc(C(=O)O)ccc1NC(=O)CC(C)(C)C(=O)O. The molecule has 1 aromatic rings. The van der Waals surface area contributed by atoms with Crippen molar-refractivity contribution in [3.05, 3.63) is 29.3 Å². The summed E-state index contributed by atoms with van der Waals surface area (Å²) in [6.07, 6.45) is -0.164. The molecule has 0 spiro atoms. The fraction of sp³-hybridized carbons (Fsp3) is 0.357. The predicted molar refractivity (Wildman–Crippen MR) is 72.8 cm³/mol. The summed E-state index contributed by atoms with van der Waals surface area (Å²) in [6, 6.07) is 4.32. The molecule has 0 saturated heterocycles. The number of rotatable bonds is 5. The van der Waals surface area contributed by atoms with Crippen molar-refractivity contribution in [2.75, 3.05) is 5.32 Å². The summed E-state index contributed by atoms with van der Waals surface area (Å²) in [5.74, 6) is -2.52. The summed E-state index contributed by atoms with van der Waals surface area (Å²) in [6.45, 7) is 4.61. The monoisotopic (exact) mass is 279 g/mol. The third-order valence-corrected chi connectivity index (χ3v) is 2.93. The number of aliphatic carboxylic acids is 1. The second kappa shape index (κ2) is 5.73. The number of benzene rings is 1. The zero-order valence-corrected chi connectivity index (χ0v) is 11.6. The molecule has 20 heavy (non-hydrogen) atoms. The van der Waals surface area contributed by atoms with Crippen LogP contribution in [0.1, 0.15) is 36.2 Å². The van der Waals surface area contributed by atoms with E-state index in [1.54, 1.807) is 6.92 Å². The second-order valence-corrected chi connectivity index (χ2v) is 5.25. The smallest absolute Gasteiger partial charge is 0.335 e. The van der Waals surface area contributed by atoms with Crippen molar-refractivity contribution in [2.24, 2.45) is 5.41 Å². The lowest BCUT2D eigenvalue weighted by atomic mass is 9.89. The Morgan fingerprint density at radius 2 is 1.80 bits per heavy atom. The summed E-state index contributed by atoms with van der Waals surface area (Å²) in [5, 5.41) is 20.4.